The standard InChI is InChI=1S/C22H24BrN3O5/c1-4-29-17-7-5-14(9-16(17)23)11-24-26-22(28)20(13(2)3)25-21(27)15-6-8-18-19(10-15)31-12-30-18/h5-11,13,20H,4,12H2,1-3H3,(H,25,27)(H,26,28). The lowest BCUT2D eigenvalue weighted by Crippen LogP contribution is -2.48. The normalized spacial score (nSPS) is 13.3. The van der Waals surface area contributed by atoms with Crippen LogP contribution in [-0.2, 0) is 4.79 Å². The lowest BCUT2D eigenvalue weighted by molar-refractivity contribution is -0.123. The summed E-state index contributed by atoms with van der Waals surface area (Å²) in [6, 6.07) is 9.60. The van der Waals surface area contributed by atoms with E-state index in [9.17, 15) is 9.59 Å². The first-order valence-corrected chi connectivity index (χ1v) is 10.6. The van der Waals surface area contributed by atoms with E-state index in [-0.39, 0.29) is 18.6 Å². The minimum atomic E-state index is -0.762. The Balaban J connectivity index is 1.62. The van der Waals surface area contributed by atoms with Crippen LogP contribution >= 0.6 is 15.9 Å². The van der Waals surface area contributed by atoms with Gasteiger partial charge in [-0.2, -0.15) is 5.10 Å². The predicted molar refractivity (Wildman–Crippen MR) is 120 cm³/mol. The maximum absolute atomic E-state index is 12.6. The lowest BCUT2D eigenvalue weighted by Gasteiger charge is -2.20. The van der Waals surface area contributed by atoms with E-state index in [4.69, 9.17) is 14.2 Å². The molecule has 0 bridgehead atoms. The molecule has 3 rings (SSSR count). The second kappa shape index (κ2) is 10.3. The number of benzene rings is 2. The fourth-order valence-electron chi connectivity index (χ4n) is 2.91. The van der Waals surface area contributed by atoms with Crippen molar-refractivity contribution in [3.8, 4) is 17.2 Å². The van der Waals surface area contributed by atoms with Crippen molar-refractivity contribution < 1.29 is 23.8 Å². The van der Waals surface area contributed by atoms with Gasteiger partial charge < -0.3 is 19.5 Å². The quantitative estimate of drug-likeness (QED) is 0.436. The van der Waals surface area contributed by atoms with Gasteiger partial charge in [-0.3, -0.25) is 9.59 Å². The summed E-state index contributed by atoms with van der Waals surface area (Å²) in [6.45, 7) is 6.29. The Bertz CT molecular complexity index is 993. The van der Waals surface area contributed by atoms with Crippen molar-refractivity contribution >= 4 is 34.0 Å². The fraction of sp³-hybridized carbons (Fsp3) is 0.318. The largest absolute Gasteiger partial charge is 0.493 e. The Morgan fingerprint density at radius 2 is 1.97 bits per heavy atom. The Hall–Kier alpha value is -3.07. The van der Waals surface area contributed by atoms with Gasteiger partial charge in [-0.1, -0.05) is 13.8 Å². The van der Waals surface area contributed by atoms with Crippen molar-refractivity contribution in [2.75, 3.05) is 13.4 Å². The summed E-state index contributed by atoms with van der Waals surface area (Å²) in [6.07, 6.45) is 1.52. The number of fused-ring (bicyclic) bond motifs is 1. The van der Waals surface area contributed by atoms with Crippen molar-refractivity contribution in [1.82, 2.24) is 10.7 Å². The third-order valence-electron chi connectivity index (χ3n) is 4.51. The minimum absolute atomic E-state index is 0.125. The van der Waals surface area contributed by atoms with Gasteiger partial charge in [-0.05, 0) is 70.7 Å². The topological polar surface area (TPSA) is 98.2 Å². The molecule has 0 aromatic heterocycles. The van der Waals surface area contributed by atoms with Crippen molar-refractivity contribution in [3.63, 3.8) is 0 Å². The fourth-order valence-corrected chi connectivity index (χ4v) is 3.42. The van der Waals surface area contributed by atoms with Gasteiger partial charge in [0.2, 0.25) is 6.79 Å². The molecular formula is C22H24BrN3O5. The molecule has 1 atom stereocenters. The van der Waals surface area contributed by atoms with E-state index in [1.165, 1.54) is 6.21 Å². The number of rotatable bonds is 8. The van der Waals surface area contributed by atoms with Crippen molar-refractivity contribution in [2.45, 2.75) is 26.8 Å². The Kier molecular flexibility index (Phi) is 7.51. The molecule has 1 unspecified atom stereocenters. The molecule has 0 spiro atoms. The van der Waals surface area contributed by atoms with E-state index in [1.807, 2.05) is 39.0 Å². The van der Waals surface area contributed by atoms with E-state index in [1.54, 1.807) is 18.2 Å². The zero-order valence-corrected chi connectivity index (χ0v) is 19.1. The van der Waals surface area contributed by atoms with Crippen LogP contribution < -0.4 is 25.0 Å². The van der Waals surface area contributed by atoms with E-state index in [2.05, 4.69) is 31.8 Å². The first kappa shape index (κ1) is 22.6. The molecule has 2 aromatic rings. The molecule has 1 heterocycles. The van der Waals surface area contributed by atoms with Crippen LogP contribution in [-0.4, -0.2) is 37.5 Å². The van der Waals surface area contributed by atoms with Crippen LogP contribution in [0.5, 0.6) is 17.2 Å². The minimum Gasteiger partial charge on any atom is -0.493 e. The van der Waals surface area contributed by atoms with Gasteiger partial charge in [-0.25, -0.2) is 5.43 Å². The van der Waals surface area contributed by atoms with Crippen LogP contribution in [0, 0.1) is 5.92 Å². The smallest absolute Gasteiger partial charge is 0.262 e. The zero-order valence-electron chi connectivity index (χ0n) is 17.5. The maximum atomic E-state index is 12.6. The second-order valence-electron chi connectivity index (χ2n) is 7.12. The van der Waals surface area contributed by atoms with E-state index in [0.717, 1.165) is 15.8 Å². The Labute approximate surface area is 189 Å². The number of ether oxygens (including phenoxy) is 3. The van der Waals surface area contributed by atoms with Gasteiger partial charge in [0.25, 0.3) is 11.8 Å². The van der Waals surface area contributed by atoms with Gasteiger partial charge in [0.15, 0.2) is 11.5 Å². The molecule has 2 aromatic carbocycles. The summed E-state index contributed by atoms with van der Waals surface area (Å²) in [5, 5.41) is 6.77. The average molecular weight is 490 g/mol. The summed E-state index contributed by atoms with van der Waals surface area (Å²) in [7, 11) is 0. The van der Waals surface area contributed by atoms with Crippen LogP contribution in [0.4, 0.5) is 0 Å². The molecule has 0 aliphatic carbocycles. The van der Waals surface area contributed by atoms with Gasteiger partial charge >= 0.3 is 0 Å². The van der Waals surface area contributed by atoms with Gasteiger partial charge in [0, 0.05) is 5.56 Å². The summed E-state index contributed by atoms with van der Waals surface area (Å²) in [5.74, 6) is 0.883. The number of halogens is 1. The number of hydrazone groups is 1. The Morgan fingerprint density at radius 1 is 1.19 bits per heavy atom. The van der Waals surface area contributed by atoms with Gasteiger partial charge in [0.1, 0.15) is 11.8 Å². The number of carbonyl (C=O) groups is 2. The molecule has 31 heavy (non-hydrogen) atoms. The number of carbonyl (C=O) groups excluding carboxylic acids is 2. The summed E-state index contributed by atoms with van der Waals surface area (Å²) in [5.41, 5.74) is 3.65. The maximum Gasteiger partial charge on any atom is 0.262 e. The van der Waals surface area contributed by atoms with Crippen LogP contribution in [0.2, 0.25) is 0 Å². The molecule has 0 saturated carbocycles. The van der Waals surface area contributed by atoms with Crippen LogP contribution in [0.25, 0.3) is 0 Å². The molecule has 164 valence electrons. The van der Waals surface area contributed by atoms with Gasteiger partial charge in [-0.15, -0.1) is 0 Å². The first-order chi connectivity index (χ1) is 14.9. The number of nitrogens with one attached hydrogen (secondary N) is 2. The number of hydrogen-bond donors (Lipinski definition) is 2. The molecule has 1 aliphatic heterocycles. The summed E-state index contributed by atoms with van der Waals surface area (Å²) in [4.78, 5) is 25.3. The summed E-state index contributed by atoms with van der Waals surface area (Å²) >= 11 is 3.44. The molecule has 0 saturated heterocycles. The Morgan fingerprint density at radius 3 is 2.68 bits per heavy atom. The third kappa shape index (κ3) is 5.75. The monoisotopic (exact) mass is 489 g/mol. The SMILES string of the molecule is CCOc1ccc(C=NNC(=O)C(NC(=O)c2ccc3c(c2)OCO3)C(C)C)cc1Br. The van der Waals surface area contributed by atoms with Crippen LogP contribution in [0.15, 0.2) is 46.0 Å². The molecule has 1 aliphatic rings. The highest BCUT2D eigenvalue weighted by atomic mass is 79.9. The van der Waals surface area contributed by atoms with Crippen molar-refractivity contribution in [3.05, 3.63) is 52.0 Å². The molecule has 2 N–H and O–H groups in total. The highest BCUT2D eigenvalue weighted by Gasteiger charge is 2.25. The molecule has 0 fully saturated rings. The van der Waals surface area contributed by atoms with Gasteiger partial charge in [0.05, 0.1) is 17.3 Å². The number of hydrogen-bond acceptors (Lipinski definition) is 6. The molecule has 9 heteroatoms. The zero-order chi connectivity index (χ0) is 22.4. The first-order valence-electron chi connectivity index (χ1n) is 9.84. The van der Waals surface area contributed by atoms with Crippen LogP contribution in [0.3, 0.4) is 0 Å². The number of nitrogens with zero attached hydrogens (tertiary/aromatic N) is 1. The van der Waals surface area contributed by atoms with Crippen molar-refractivity contribution in [1.29, 1.82) is 0 Å². The molecule has 0 radical (unpaired) electrons. The lowest BCUT2D eigenvalue weighted by atomic mass is 10.0. The van der Waals surface area contributed by atoms with E-state index >= 15 is 0 Å². The summed E-state index contributed by atoms with van der Waals surface area (Å²) < 4.78 is 16.8. The number of amides is 2. The predicted octanol–water partition coefficient (Wildman–Crippen LogP) is 3.48. The van der Waals surface area contributed by atoms with Crippen LogP contribution in [0.1, 0.15) is 36.7 Å². The highest BCUT2D eigenvalue weighted by Crippen LogP contribution is 2.32. The third-order valence-corrected chi connectivity index (χ3v) is 5.13. The average Bonchev–Trinajstić information content (AvgIpc) is 3.21. The highest BCUT2D eigenvalue weighted by molar-refractivity contribution is 9.10. The molecule has 8 nitrogen and oxygen atoms in total. The van der Waals surface area contributed by atoms with Crippen molar-refractivity contribution in [2.24, 2.45) is 11.0 Å². The van der Waals surface area contributed by atoms with E-state index < -0.39 is 11.9 Å². The molecule has 2 amide bonds. The molecular weight excluding hydrogens is 466 g/mol. The van der Waals surface area contributed by atoms with E-state index in [0.29, 0.717) is 23.7 Å². The second-order valence-corrected chi connectivity index (χ2v) is 7.97.